The van der Waals surface area contributed by atoms with Crippen molar-refractivity contribution >= 4 is 17.5 Å². The van der Waals surface area contributed by atoms with E-state index in [1.165, 1.54) is 0 Å². The van der Waals surface area contributed by atoms with E-state index in [1.54, 1.807) is 24.3 Å². The van der Waals surface area contributed by atoms with Crippen molar-refractivity contribution in [2.75, 3.05) is 5.32 Å². The van der Waals surface area contributed by atoms with Gasteiger partial charge < -0.3 is 16.4 Å². The number of benzene rings is 1. The summed E-state index contributed by atoms with van der Waals surface area (Å²) >= 11 is 0. The van der Waals surface area contributed by atoms with Crippen molar-refractivity contribution in [1.29, 1.82) is 0 Å². The maximum atomic E-state index is 12.1. The molecule has 5 heteroatoms. The Balaban J connectivity index is 1.72. The summed E-state index contributed by atoms with van der Waals surface area (Å²) in [7, 11) is 0. The summed E-state index contributed by atoms with van der Waals surface area (Å²) in [4.78, 5) is 23.9. The van der Waals surface area contributed by atoms with Gasteiger partial charge in [0.15, 0.2) is 0 Å². The van der Waals surface area contributed by atoms with Gasteiger partial charge in [-0.1, -0.05) is 12.1 Å². The van der Waals surface area contributed by atoms with E-state index in [2.05, 4.69) is 10.6 Å². The minimum atomic E-state index is -0.126. The molecule has 1 aromatic carbocycles. The summed E-state index contributed by atoms with van der Waals surface area (Å²) in [6, 6.07) is 7.32. The molecule has 0 bridgehead atoms. The van der Waals surface area contributed by atoms with E-state index in [0.717, 1.165) is 19.3 Å². The molecule has 100 valence electrons. The number of carbonyl (C=O) groups is 2. The average Bonchev–Trinajstić information content (AvgIpc) is 3.28. The molecule has 2 unspecified atom stereocenters. The van der Waals surface area contributed by atoms with Gasteiger partial charge >= 0.3 is 0 Å². The van der Waals surface area contributed by atoms with Gasteiger partial charge in [0.2, 0.25) is 5.91 Å². The van der Waals surface area contributed by atoms with Crippen molar-refractivity contribution in [3.05, 3.63) is 29.8 Å². The minimum Gasteiger partial charge on any atom is -0.349 e. The minimum absolute atomic E-state index is 0.0348. The van der Waals surface area contributed by atoms with Crippen molar-refractivity contribution in [1.82, 2.24) is 5.32 Å². The Hall–Kier alpha value is -1.88. The van der Waals surface area contributed by atoms with Crippen LogP contribution < -0.4 is 16.4 Å². The Kier molecular flexibility index (Phi) is 2.98. The Labute approximate surface area is 111 Å². The maximum Gasteiger partial charge on any atom is 0.253 e. The Morgan fingerprint density at radius 2 is 1.89 bits per heavy atom. The van der Waals surface area contributed by atoms with Crippen molar-refractivity contribution in [2.24, 2.45) is 11.7 Å². The Morgan fingerprint density at radius 1 is 1.21 bits per heavy atom. The SMILES string of the molecule is NC1CC1C(=O)Nc1ccccc1C(=O)NC1CC1. The van der Waals surface area contributed by atoms with Crippen molar-refractivity contribution in [2.45, 2.75) is 31.3 Å². The van der Waals surface area contributed by atoms with Crippen LogP contribution >= 0.6 is 0 Å². The van der Waals surface area contributed by atoms with Crippen LogP contribution in [0.5, 0.6) is 0 Å². The molecule has 0 aromatic heterocycles. The summed E-state index contributed by atoms with van der Waals surface area (Å²) < 4.78 is 0. The number of amides is 2. The second kappa shape index (κ2) is 4.66. The van der Waals surface area contributed by atoms with E-state index in [-0.39, 0.29) is 23.8 Å². The third-order valence-electron chi connectivity index (χ3n) is 3.52. The van der Waals surface area contributed by atoms with Crippen molar-refractivity contribution in [3.8, 4) is 0 Å². The molecule has 0 spiro atoms. The normalized spacial score (nSPS) is 24.7. The van der Waals surface area contributed by atoms with Gasteiger partial charge in [-0.25, -0.2) is 0 Å². The molecule has 0 saturated heterocycles. The Morgan fingerprint density at radius 3 is 2.53 bits per heavy atom. The predicted octanol–water partition coefficient (Wildman–Crippen LogP) is 0.864. The van der Waals surface area contributed by atoms with Gasteiger partial charge in [-0.2, -0.15) is 0 Å². The zero-order valence-corrected chi connectivity index (χ0v) is 10.6. The molecular formula is C14H17N3O2. The van der Waals surface area contributed by atoms with E-state index < -0.39 is 0 Å². The maximum absolute atomic E-state index is 12.1. The van der Waals surface area contributed by atoms with Gasteiger partial charge in [0.25, 0.3) is 5.91 Å². The number of rotatable bonds is 4. The molecule has 2 aliphatic carbocycles. The summed E-state index contributed by atoms with van der Waals surface area (Å²) in [5, 5.41) is 5.72. The molecule has 0 radical (unpaired) electrons. The molecule has 2 amide bonds. The number of para-hydroxylation sites is 1. The largest absolute Gasteiger partial charge is 0.349 e. The van der Waals surface area contributed by atoms with E-state index in [4.69, 9.17) is 5.73 Å². The first kappa shape index (κ1) is 12.2. The number of hydrogen-bond acceptors (Lipinski definition) is 3. The van der Waals surface area contributed by atoms with Crippen LogP contribution in [0.15, 0.2) is 24.3 Å². The third kappa shape index (κ3) is 2.76. The van der Waals surface area contributed by atoms with Gasteiger partial charge in [0.1, 0.15) is 0 Å². The van der Waals surface area contributed by atoms with Crippen LogP contribution in [-0.2, 0) is 4.79 Å². The molecule has 2 fully saturated rings. The first-order valence-electron chi connectivity index (χ1n) is 6.61. The first-order chi connectivity index (χ1) is 9.15. The highest BCUT2D eigenvalue weighted by Crippen LogP contribution is 2.30. The topological polar surface area (TPSA) is 84.2 Å². The lowest BCUT2D eigenvalue weighted by Gasteiger charge is -2.10. The zero-order chi connectivity index (χ0) is 13.4. The second-order valence-electron chi connectivity index (χ2n) is 5.29. The lowest BCUT2D eigenvalue weighted by molar-refractivity contribution is -0.117. The number of anilines is 1. The van der Waals surface area contributed by atoms with Crippen LogP contribution in [0.1, 0.15) is 29.6 Å². The third-order valence-corrected chi connectivity index (χ3v) is 3.52. The molecular weight excluding hydrogens is 242 g/mol. The summed E-state index contributed by atoms with van der Waals surface area (Å²) in [5.74, 6) is -0.336. The lowest BCUT2D eigenvalue weighted by atomic mass is 10.1. The van der Waals surface area contributed by atoms with Crippen LogP contribution in [-0.4, -0.2) is 23.9 Å². The Bertz CT molecular complexity index is 525. The highest BCUT2D eigenvalue weighted by Gasteiger charge is 2.40. The fourth-order valence-electron chi connectivity index (χ4n) is 2.02. The second-order valence-corrected chi connectivity index (χ2v) is 5.29. The van der Waals surface area contributed by atoms with Crippen LogP contribution in [0.2, 0.25) is 0 Å². The molecule has 2 atom stereocenters. The van der Waals surface area contributed by atoms with Gasteiger partial charge in [0.05, 0.1) is 17.2 Å². The van der Waals surface area contributed by atoms with E-state index in [9.17, 15) is 9.59 Å². The molecule has 5 nitrogen and oxygen atoms in total. The number of nitrogens with two attached hydrogens (primary N) is 1. The monoisotopic (exact) mass is 259 g/mol. The van der Waals surface area contributed by atoms with Gasteiger partial charge in [-0.15, -0.1) is 0 Å². The summed E-state index contributed by atoms with van der Waals surface area (Å²) in [6.45, 7) is 0. The van der Waals surface area contributed by atoms with E-state index in [0.29, 0.717) is 17.3 Å². The predicted molar refractivity (Wildman–Crippen MR) is 71.6 cm³/mol. The first-order valence-corrected chi connectivity index (χ1v) is 6.61. The van der Waals surface area contributed by atoms with Crippen LogP contribution in [0.3, 0.4) is 0 Å². The standard InChI is InChI=1S/C14H17N3O2/c15-11-7-10(11)14(19)17-12-4-2-1-3-9(12)13(18)16-8-5-6-8/h1-4,8,10-11H,5-7,15H2,(H,16,18)(H,17,19). The average molecular weight is 259 g/mol. The zero-order valence-electron chi connectivity index (χ0n) is 10.6. The summed E-state index contributed by atoms with van der Waals surface area (Å²) in [5.41, 5.74) is 6.72. The molecule has 1 aromatic rings. The van der Waals surface area contributed by atoms with Crippen LogP contribution in [0.25, 0.3) is 0 Å². The molecule has 2 saturated carbocycles. The van der Waals surface area contributed by atoms with E-state index >= 15 is 0 Å². The number of nitrogens with one attached hydrogen (secondary N) is 2. The van der Waals surface area contributed by atoms with E-state index in [1.807, 2.05) is 0 Å². The molecule has 3 rings (SSSR count). The molecule has 4 N–H and O–H groups in total. The fraction of sp³-hybridized carbons (Fsp3) is 0.429. The lowest BCUT2D eigenvalue weighted by Crippen LogP contribution is -2.27. The van der Waals surface area contributed by atoms with Gasteiger partial charge in [-0.05, 0) is 31.4 Å². The van der Waals surface area contributed by atoms with Crippen molar-refractivity contribution in [3.63, 3.8) is 0 Å². The van der Waals surface area contributed by atoms with Crippen LogP contribution in [0.4, 0.5) is 5.69 Å². The number of hydrogen-bond donors (Lipinski definition) is 3. The molecule has 19 heavy (non-hydrogen) atoms. The fourth-order valence-corrected chi connectivity index (χ4v) is 2.02. The molecule has 0 heterocycles. The molecule has 0 aliphatic heterocycles. The van der Waals surface area contributed by atoms with Gasteiger partial charge in [-0.3, -0.25) is 9.59 Å². The van der Waals surface area contributed by atoms with Crippen LogP contribution in [0, 0.1) is 5.92 Å². The van der Waals surface area contributed by atoms with Crippen molar-refractivity contribution < 1.29 is 9.59 Å². The van der Waals surface area contributed by atoms with Gasteiger partial charge in [0, 0.05) is 12.1 Å². The quantitative estimate of drug-likeness (QED) is 0.750. The highest BCUT2D eigenvalue weighted by atomic mass is 16.2. The summed E-state index contributed by atoms with van der Waals surface area (Å²) in [6.07, 6.45) is 2.80. The molecule has 2 aliphatic rings. The smallest absolute Gasteiger partial charge is 0.253 e. The highest BCUT2D eigenvalue weighted by molar-refractivity contribution is 6.04. The number of carbonyl (C=O) groups excluding carboxylic acids is 2.